The van der Waals surface area contributed by atoms with Gasteiger partial charge in [-0.2, -0.15) is 5.10 Å². The van der Waals surface area contributed by atoms with Gasteiger partial charge in [0.1, 0.15) is 5.75 Å². The molecule has 0 atom stereocenters. The molecule has 0 saturated carbocycles. The first kappa shape index (κ1) is 14.4. The Morgan fingerprint density at radius 2 is 2.11 bits per heavy atom. The normalized spacial score (nSPS) is 9.95. The van der Waals surface area contributed by atoms with Crippen molar-refractivity contribution in [2.24, 2.45) is 5.10 Å². The van der Waals surface area contributed by atoms with E-state index in [0.717, 1.165) is 0 Å². The van der Waals surface area contributed by atoms with E-state index in [9.17, 15) is 9.59 Å². The highest BCUT2D eigenvalue weighted by molar-refractivity contribution is 6.35. The van der Waals surface area contributed by atoms with Gasteiger partial charge in [-0.3, -0.25) is 9.59 Å². The third-order valence-electron chi connectivity index (χ3n) is 2.12. The van der Waals surface area contributed by atoms with Gasteiger partial charge in [0.25, 0.3) is 0 Å². The summed E-state index contributed by atoms with van der Waals surface area (Å²) in [6.07, 6.45) is 2.88. The molecule has 100 valence electrons. The van der Waals surface area contributed by atoms with Gasteiger partial charge < -0.3 is 10.1 Å². The second kappa shape index (κ2) is 7.65. The summed E-state index contributed by atoms with van der Waals surface area (Å²) in [7, 11) is 1.54. The highest BCUT2D eigenvalue weighted by atomic mass is 16.5. The fraction of sp³-hybridized carbons (Fsp3) is 0.154. The van der Waals surface area contributed by atoms with Crippen LogP contribution in [0.5, 0.6) is 5.75 Å². The Balaban J connectivity index is 2.56. The van der Waals surface area contributed by atoms with Gasteiger partial charge in [0.2, 0.25) is 0 Å². The van der Waals surface area contributed by atoms with Crippen LogP contribution in [0.4, 0.5) is 0 Å². The standard InChI is InChI=1S/C13H15N3O3/c1-3-8-14-12(17)13(18)16-15-9-10-6-4-5-7-11(10)19-2/h3-7,9H,1,8H2,2H3,(H,14,17)(H,16,18)/b15-9+. The molecule has 0 aliphatic rings. The van der Waals surface area contributed by atoms with Crippen LogP contribution in [0.15, 0.2) is 42.0 Å². The van der Waals surface area contributed by atoms with Crippen molar-refractivity contribution < 1.29 is 14.3 Å². The van der Waals surface area contributed by atoms with E-state index in [-0.39, 0.29) is 6.54 Å². The molecular weight excluding hydrogens is 246 g/mol. The van der Waals surface area contributed by atoms with Crippen molar-refractivity contribution in [1.82, 2.24) is 10.7 Å². The Morgan fingerprint density at radius 3 is 2.79 bits per heavy atom. The molecule has 0 fully saturated rings. The number of ether oxygens (including phenoxy) is 1. The van der Waals surface area contributed by atoms with Crippen molar-refractivity contribution in [3.8, 4) is 5.75 Å². The number of hydrazone groups is 1. The molecule has 0 spiro atoms. The SMILES string of the molecule is C=CCNC(=O)C(=O)N/N=C/c1ccccc1OC. The number of nitrogens with one attached hydrogen (secondary N) is 2. The number of hydrogen-bond donors (Lipinski definition) is 2. The van der Waals surface area contributed by atoms with Gasteiger partial charge in [-0.05, 0) is 12.1 Å². The molecule has 1 rings (SSSR count). The third kappa shape index (κ3) is 4.63. The first-order chi connectivity index (χ1) is 9.19. The highest BCUT2D eigenvalue weighted by Crippen LogP contribution is 2.14. The molecule has 2 amide bonds. The van der Waals surface area contributed by atoms with Crippen LogP contribution < -0.4 is 15.5 Å². The van der Waals surface area contributed by atoms with Crippen LogP contribution in [-0.4, -0.2) is 31.7 Å². The Morgan fingerprint density at radius 1 is 1.37 bits per heavy atom. The van der Waals surface area contributed by atoms with Gasteiger partial charge in [0.05, 0.1) is 13.3 Å². The van der Waals surface area contributed by atoms with E-state index in [1.165, 1.54) is 19.4 Å². The van der Waals surface area contributed by atoms with Crippen LogP contribution in [0.1, 0.15) is 5.56 Å². The summed E-state index contributed by atoms with van der Waals surface area (Å²) < 4.78 is 5.11. The van der Waals surface area contributed by atoms with Crippen LogP contribution in [0.25, 0.3) is 0 Å². The molecule has 0 saturated heterocycles. The molecule has 0 bridgehead atoms. The zero-order valence-electron chi connectivity index (χ0n) is 10.6. The lowest BCUT2D eigenvalue weighted by atomic mass is 10.2. The van der Waals surface area contributed by atoms with Gasteiger partial charge in [-0.15, -0.1) is 6.58 Å². The third-order valence-corrected chi connectivity index (χ3v) is 2.12. The summed E-state index contributed by atoms with van der Waals surface area (Å²) in [4.78, 5) is 22.5. The van der Waals surface area contributed by atoms with Gasteiger partial charge in [0, 0.05) is 12.1 Å². The number of carbonyl (C=O) groups excluding carboxylic acids is 2. The summed E-state index contributed by atoms with van der Waals surface area (Å²) >= 11 is 0. The average Bonchev–Trinajstić information content (AvgIpc) is 2.45. The van der Waals surface area contributed by atoms with E-state index >= 15 is 0 Å². The summed E-state index contributed by atoms with van der Waals surface area (Å²) in [5.74, 6) is -0.985. The lowest BCUT2D eigenvalue weighted by Crippen LogP contribution is -2.37. The van der Waals surface area contributed by atoms with E-state index in [1.54, 1.807) is 12.1 Å². The topological polar surface area (TPSA) is 79.8 Å². The fourth-order valence-electron chi connectivity index (χ4n) is 1.23. The Kier molecular flexibility index (Phi) is 5.81. The van der Waals surface area contributed by atoms with E-state index in [0.29, 0.717) is 11.3 Å². The van der Waals surface area contributed by atoms with Crippen molar-refractivity contribution in [2.45, 2.75) is 0 Å². The quantitative estimate of drug-likeness (QED) is 0.349. The van der Waals surface area contributed by atoms with E-state index in [2.05, 4.69) is 22.4 Å². The minimum absolute atomic E-state index is 0.225. The summed E-state index contributed by atoms with van der Waals surface area (Å²) in [6.45, 7) is 3.65. The molecule has 6 nitrogen and oxygen atoms in total. The maximum absolute atomic E-state index is 11.3. The molecule has 6 heteroatoms. The van der Waals surface area contributed by atoms with E-state index in [4.69, 9.17) is 4.74 Å². The summed E-state index contributed by atoms with van der Waals surface area (Å²) in [5.41, 5.74) is 2.81. The van der Waals surface area contributed by atoms with Crippen LogP contribution in [0, 0.1) is 0 Å². The second-order valence-electron chi connectivity index (χ2n) is 3.44. The lowest BCUT2D eigenvalue weighted by molar-refractivity contribution is -0.139. The molecule has 2 N–H and O–H groups in total. The number of amides is 2. The summed E-state index contributed by atoms with van der Waals surface area (Å²) in [5, 5.41) is 6.02. The zero-order valence-corrected chi connectivity index (χ0v) is 10.6. The molecule has 0 heterocycles. The Bertz CT molecular complexity index is 498. The van der Waals surface area contributed by atoms with Crippen molar-refractivity contribution >= 4 is 18.0 Å². The smallest absolute Gasteiger partial charge is 0.329 e. The first-order valence-electron chi connectivity index (χ1n) is 5.54. The molecule has 0 radical (unpaired) electrons. The van der Waals surface area contributed by atoms with Crippen molar-refractivity contribution in [1.29, 1.82) is 0 Å². The summed E-state index contributed by atoms with van der Waals surface area (Å²) in [6, 6.07) is 7.16. The maximum Gasteiger partial charge on any atom is 0.329 e. The molecule has 0 aliphatic carbocycles. The van der Waals surface area contributed by atoms with Gasteiger partial charge in [-0.1, -0.05) is 18.2 Å². The van der Waals surface area contributed by atoms with Gasteiger partial charge in [-0.25, -0.2) is 5.43 Å². The van der Waals surface area contributed by atoms with E-state index < -0.39 is 11.8 Å². The lowest BCUT2D eigenvalue weighted by Gasteiger charge is -2.03. The van der Waals surface area contributed by atoms with Crippen LogP contribution in [0.2, 0.25) is 0 Å². The van der Waals surface area contributed by atoms with Crippen molar-refractivity contribution in [2.75, 3.05) is 13.7 Å². The molecule has 1 aromatic carbocycles. The molecule has 0 aromatic heterocycles. The molecule has 19 heavy (non-hydrogen) atoms. The van der Waals surface area contributed by atoms with Crippen LogP contribution in [0.3, 0.4) is 0 Å². The first-order valence-corrected chi connectivity index (χ1v) is 5.54. The highest BCUT2D eigenvalue weighted by Gasteiger charge is 2.10. The maximum atomic E-state index is 11.3. The average molecular weight is 261 g/mol. The number of rotatable bonds is 5. The zero-order chi connectivity index (χ0) is 14.1. The molecule has 0 aliphatic heterocycles. The Labute approximate surface area is 111 Å². The Hall–Kier alpha value is -2.63. The van der Waals surface area contributed by atoms with Gasteiger partial charge >= 0.3 is 11.8 Å². The van der Waals surface area contributed by atoms with E-state index in [1.807, 2.05) is 12.1 Å². The fourth-order valence-corrected chi connectivity index (χ4v) is 1.23. The van der Waals surface area contributed by atoms with Gasteiger partial charge in [0.15, 0.2) is 0 Å². The van der Waals surface area contributed by atoms with Crippen LogP contribution in [-0.2, 0) is 9.59 Å². The number of para-hydroxylation sites is 1. The molecule has 1 aromatic rings. The number of methoxy groups -OCH3 is 1. The second-order valence-corrected chi connectivity index (χ2v) is 3.44. The number of carbonyl (C=O) groups is 2. The predicted octanol–water partition coefficient (Wildman–Crippen LogP) is 0.447. The monoisotopic (exact) mass is 261 g/mol. The molecule has 0 unspecified atom stereocenters. The largest absolute Gasteiger partial charge is 0.496 e. The van der Waals surface area contributed by atoms with Crippen molar-refractivity contribution in [3.05, 3.63) is 42.5 Å². The minimum atomic E-state index is -0.840. The predicted molar refractivity (Wildman–Crippen MR) is 71.9 cm³/mol. The van der Waals surface area contributed by atoms with Crippen LogP contribution >= 0.6 is 0 Å². The molecular formula is C13H15N3O3. The number of benzene rings is 1. The number of nitrogens with zero attached hydrogens (tertiary/aromatic N) is 1. The minimum Gasteiger partial charge on any atom is -0.496 e. The number of hydrogen-bond acceptors (Lipinski definition) is 4. The van der Waals surface area contributed by atoms with Crippen molar-refractivity contribution in [3.63, 3.8) is 0 Å².